The van der Waals surface area contributed by atoms with E-state index >= 15 is 0 Å². The highest BCUT2D eigenvalue weighted by molar-refractivity contribution is 7.80. The molecule has 1 aromatic heterocycles. The Morgan fingerprint density at radius 2 is 2.07 bits per heavy atom. The topological polar surface area (TPSA) is 103 Å². The van der Waals surface area contributed by atoms with Crippen molar-refractivity contribution in [1.29, 1.82) is 0 Å². The summed E-state index contributed by atoms with van der Waals surface area (Å²) < 4.78 is 5.63. The van der Waals surface area contributed by atoms with Gasteiger partial charge in [0.25, 0.3) is 11.8 Å². The molecule has 0 saturated carbocycles. The quantitative estimate of drug-likeness (QED) is 0.345. The predicted molar refractivity (Wildman–Crippen MR) is 104 cm³/mol. The number of rotatable bonds is 5. The first-order valence-corrected chi connectivity index (χ1v) is 8.71. The van der Waals surface area contributed by atoms with Crippen LogP contribution in [0.3, 0.4) is 0 Å². The number of benzene rings is 1. The zero-order chi connectivity index (χ0) is 20.4. The van der Waals surface area contributed by atoms with E-state index in [0.29, 0.717) is 5.56 Å². The average Bonchev–Trinajstić information content (AvgIpc) is 3.11. The first-order chi connectivity index (χ1) is 13.3. The van der Waals surface area contributed by atoms with Crippen LogP contribution in [0.5, 0.6) is 0 Å². The molecule has 0 aliphatic carbocycles. The predicted octanol–water partition coefficient (Wildman–Crippen LogP) is 1.78. The zero-order valence-electron chi connectivity index (χ0n) is 14.2. The highest BCUT2D eigenvalue weighted by Crippen LogP contribution is 2.31. The number of carbonyl (C=O) groups excluding carboxylic acids is 3. The molecule has 1 saturated heterocycles. The molecule has 1 aliphatic rings. The van der Waals surface area contributed by atoms with Crippen LogP contribution in [0.4, 0.5) is 0 Å². The fourth-order valence-electron chi connectivity index (χ4n) is 2.55. The normalized spacial score (nSPS) is 15.7. The van der Waals surface area contributed by atoms with E-state index in [1.165, 1.54) is 41.3 Å². The minimum Gasteiger partial charge on any atom is -0.545 e. The van der Waals surface area contributed by atoms with E-state index in [1.54, 1.807) is 6.07 Å². The molecule has 0 atom stereocenters. The van der Waals surface area contributed by atoms with Gasteiger partial charge in [-0.25, -0.2) is 0 Å². The number of hydrogen-bond donors (Lipinski definition) is 1. The molecule has 2 amide bonds. The molecule has 0 bridgehead atoms. The highest BCUT2D eigenvalue weighted by atomic mass is 35.5. The van der Waals surface area contributed by atoms with Crippen LogP contribution in [0.2, 0.25) is 5.02 Å². The van der Waals surface area contributed by atoms with Crippen LogP contribution in [0.1, 0.15) is 16.1 Å². The standard InChI is InChI=1S/C19H13ClN2O5S/c1-2-7-22-17(24)13(16(23)21-19(22)28)9-11-4-6-15(27-11)12-8-10(18(25)26)3-5-14(12)20/h2-6,8-9H,1,7H2,(H,25,26)(H,21,23,28)/p-1/b13-9-. The second kappa shape index (κ2) is 7.79. The van der Waals surface area contributed by atoms with Crippen LogP contribution >= 0.6 is 23.8 Å². The molecule has 0 unspecified atom stereocenters. The van der Waals surface area contributed by atoms with Crippen LogP contribution in [0.25, 0.3) is 17.4 Å². The third-order valence-corrected chi connectivity index (χ3v) is 4.53. The van der Waals surface area contributed by atoms with Gasteiger partial charge in [0.1, 0.15) is 17.1 Å². The molecule has 9 heteroatoms. The van der Waals surface area contributed by atoms with Gasteiger partial charge < -0.3 is 14.3 Å². The van der Waals surface area contributed by atoms with Crippen LogP contribution in [-0.2, 0) is 9.59 Å². The first-order valence-electron chi connectivity index (χ1n) is 7.92. The number of nitrogens with zero attached hydrogens (tertiary/aromatic N) is 1. The molecule has 0 radical (unpaired) electrons. The molecule has 0 spiro atoms. The van der Waals surface area contributed by atoms with Crippen molar-refractivity contribution in [2.24, 2.45) is 0 Å². The fraction of sp³-hybridized carbons (Fsp3) is 0.0526. The largest absolute Gasteiger partial charge is 0.545 e. The summed E-state index contributed by atoms with van der Waals surface area (Å²) in [4.78, 5) is 36.9. The van der Waals surface area contributed by atoms with Gasteiger partial charge in [0.15, 0.2) is 5.11 Å². The van der Waals surface area contributed by atoms with Crippen LogP contribution in [0, 0.1) is 0 Å². The van der Waals surface area contributed by atoms with E-state index in [4.69, 9.17) is 28.2 Å². The average molecular weight is 416 g/mol. The number of halogens is 1. The van der Waals surface area contributed by atoms with Gasteiger partial charge in [0, 0.05) is 12.1 Å². The minimum absolute atomic E-state index is 0.00180. The van der Waals surface area contributed by atoms with Crippen molar-refractivity contribution in [3.8, 4) is 11.3 Å². The summed E-state index contributed by atoms with van der Waals surface area (Å²) in [6.07, 6.45) is 2.76. The lowest BCUT2D eigenvalue weighted by Crippen LogP contribution is -2.53. The van der Waals surface area contributed by atoms with Crippen LogP contribution in [0.15, 0.2) is 53.0 Å². The fourth-order valence-corrected chi connectivity index (χ4v) is 3.01. The Balaban J connectivity index is 1.96. The molecule has 2 heterocycles. The van der Waals surface area contributed by atoms with Gasteiger partial charge in [-0.2, -0.15) is 0 Å². The van der Waals surface area contributed by atoms with Crippen molar-refractivity contribution in [2.75, 3.05) is 6.54 Å². The molecular formula is C19H12ClN2O5S-. The summed E-state index contributed by atoms with van der Waals surface area (Å²) in [5.41, 5.74) is 0.110. The van der Waals surface area contributed by atoms with Crippen LogP contribution < -0.4 is 10.4 Å². The van der Waals surface area contributed by atoms with Gasteiger partial charge in [0.05, 0.1) is 11.0 Å². The summed E-state index contributed by atoms with van der Waals surface area (Å²) in [6, 6.07) is 7.11. The Labute approximate surface area is 169 Å². The molecule has 1 N–H and O–H groups in total. The van der Waals surface area contributed by atoms with E-state index in [2.05, 4.69) is 11.9 Å². The summed E-state index contributed by atoms with van der Waals surface area (Å²) in [6.45, 7) is 3.70. The molecule has 2 aromatic rings. The second-order valence-corrected chi connectivity index (χ2v) is 6.50. The Kier molecular flexibility index (Phi) is 5.43. The molecule has 7 nitrogen and oxygen atoms in total. The maximum Gasteiger partial charge on any atom is 0.266 e. The first kappa shape index (κ1) is 19.5. The lowest BCUT2D eigenvalue weighted by molar-refractivity contribution is -0.255. The number of carbonyl (C=O) groups is 3. The minimum atomic E-state index is -1.35. The Bertz CT molecular complexity index is 1060. The van der Waals surface area contributed by atoms with E-state index in [1.807, 2.05) is 0 Å². The third-order valence-electron chi connectivity index (χ3n) is 3.88. The van der Waals surface area contributed by atoms with E-state index in [0.717, 1.165) is 0 Å². The number of amides is 2. The highest BCUT2D eigenvalue weighted by Gasteiger charge is 2.32. The van der Waals surface area contributed by atoms with Crippen LogP contribution in [-0.4, -0.2) is 34.3 Å². The number of hydrogen-bond acceptors (Lipinski definition) is 6. The van der Waals surface area contributed by atoms with Gasteiger partial charge in [0.2, 0.25) is 0 Å². The van der Waals surface area contributed by atoms with Gasteiger partial charge in [-0.05, 0) is 48.1 Å². The smallest absolute Gasteiger partial charge is 0.266 e. The molecule has 1 aromatic carbocycles. The van der Waals surface area contributed by atoms with Crippen molar-refractivity contribution in [3.63, 3.8) is 0 Å². The summed E-state index contributed by atoms with van der Waals surface area (Å²) in [5, 5.41) is 13.7. The van der Waals surface area contributed by atoms with Crippen molar-refractivity contribution >= 4 is 52.8 Å². The SMILES string of the molecule is C=CCN1C(=O)/C(=C\c2ccc(-c3cc(C(=O)[O-])ccc3Cl)o2)C(=O)NC1=S. The van der Waals surface area contributed by atoms with Gasteiger partial charge in [-0.15, -0.1) is 6.58 Å². The summed E-state index contributed by atoms with van der Waals surface area (Å²) >= 11 is 11.1. The van der Waals surface area contributed by atoms with E-state index in [9.17, 15) is 19.5 Å². The van der Waals surface area contributed by atoms with E-state index in [-0.39, 0.29) is 39.3 Å². The Morgan fingerprint density at radius 1 is 1.32 bits per heavy atom. The maximum atomic E-state index is 12.5. The number of thiocarbonyl (C=S) groups is 1. The molecule has 3 rings (SSSR count). The Hall–Kier alpha value is -3.23. The lowest BCUT2D eigenvalue weighted by Gasteiger charge is -2.27. The second-order valence-electron chi connectivity index (χ2n) is 5.71. The maximum absolute atomic E-state index is 12.5. The molecular weight excluding hydrogens is 404 g/mol. The van der Waals surface area contributed by atoms with Gasteiger partial charge in [-0.1, -0.05) is 23.7 Å². The number of furan rings is 1. The number of carboxylic acids is 1. The summed E-state index contributed by atoms with van der Waals surface area (Å²) in [7, 11) is 0. The molecule has 142 valence electrons. The molecule has 28 heavy (non-hydrogen) atoms. The number of aromatic carboxylic acids is 1. The van der Waals surface area contributed by atoms with Crippen molar-refractivity contribution in [1.82, 2.24) is 10.2 Å². The third kappa shape index (κ3) is 3.73. The van der Waals surface area contributed by atoms with Crippen molar-refractivity contribution in [3.05, 3.63) is 64.9 Å². The van der Waals surface area contributed by atoms with E-state index < -0.39 is 17.8 Å². The molecule has 1 aliphatic heterocycles. The van der Waals surface area contributed by atoms with Crippen molar-refractivity contribution < 1.29 is 23.9 Å². The molecule has 1 fully saturated rings. The zero-order valence-corrected chi connectivity index (χ0v) is 15.8. The van der Waals surface area contributed by atoms with Gasteiger partial charge in [-0.3, -0.25) is 19.8 Å². The number of nitrogens with one attached hydrogen (secondary N) is 1. The monoisotopic (exact) mass is 415 g/mol. The van der Waals surface area contributed by atoms with Crippen molar-refractivity contribution in [2.45, 2.75) is 0 Å². The summed E-state index contributed by atoms with van der Waals surface area (Å²) in [5.74, 6) is -2.11. The van der Waals surface area contributed by atoms with Gasteiger partial charge >= 0.3 is 0 Å². The Morgan fingerprint density at radius 3 is 2.75 bits per heavy atom. The lowest BCUT2D eigenvalue weighted by atomic mass is 10.1. The number of carboxylic acid groups (broad SMARTS) is 1.